The molecule has 0 radical (unpaired) electrons. The Bertz CT molecular complexity index is 433. The second kappa shape index (κ2) is 7.40. The van der Waals surface area contributed by atoms with Crippen molar-refractivity contribution in [3.05, 3.63) is 0 Å². The molecule has 9 heteroatoms. The topological polar surface area (TPSA) is 124 Å². The number of hydrogen-bond donors (Lipinski definition) is 3. The van der Waals surface area contributed by atoms with Crippen LogP contribution in [0.2, 0.25) is 0 Å². The van der Waals surface area contributed by atoms with Gasteiger partial charge in [-0.1, -0.05) is 6.92 Å². The van der Waals surface area contributed by atoms with Gasteiger partial charge in [-0.3, -0.25) is 18.8 Å². The van der Waals surface area contributed by atoms with Gasteiger partial charge < -0.3 is 15.3 Å². The molecule has 0 aromatic carbocycles. The van der Waals surface area contributed by atoms with Gasteiger partial charge in [0, 0.05) is 13.1 Å². The van der Waals surface area contributed by atoms with E-state index in [1.165, 1.54) is 6.92 Å². The second-order valence-corrected chi connectivity index (χ2v) is 6.67. The standard InChI is InChI=1S/C11H21N2O6P/c1-5-6-9(14)12-7(2)10(15)13(20(4,18)19)8(3)11(16)17/h7-8H,5-6H2,1-4H3,(H,12,14)(H,16,17)(H,18,19)/t7-,8-/m0/s1. The van der Waals surface area contributed by atoms with Crippen molar-refractivity contribution in [1.29, 1.82) is 0 Å². The fourth-order valence-electron chi connectivity index (χ4n) is 1.60. The minimum absolute atomic E-state index is 0.217. The van der Waals surface area contributed by atoms with Crippen LogP contribution in [-0.4, -0.2) is 51.2 Å². The minimum Gasteiger partial charge on any atom is -0.480 e. The third kappa shape index (κ3) is 5.30. The van der Waals surface area contributed by atoms with Crippen molar-refractivity contribution < 1.29 is 28.9 Å². The van der Waals surface area contributed by atoms with E-state index in [4.69, 9.17) is 5.11 Å². The summed E-state index contributed by atoms with van der Waals surface area (Å²) in [6.45, 7) is 5.14. The summed E-state index contributed by atoms with van der Waals surface area (Å²) in [6, 6.07) is -2.54. The molecule has 20 heavy (non-hydrogen) atoms. The maximum Gasteiger partial charge on any atom is 0.326 e. The summed E-state index contributed by atoms with van der Waals surface area (Å²) in [5.41, 5.74) is 0. The molecule has 0 fully saturated rings. The van der Waals surface area contributed by atoms with Gasteiger partial charge in [0.25, 0.3) is 13.4 Å². The highest BCUT2D eigenvalue weighted by molar-refractivity contribution is 7.55. The van der Waals surface area contributed by atoms with Gasteiger partial charge in [-0.25, -0.2) is 4.79 Å². The van der Waals surface area contributed by atoms with Crippen LogP contribution >= 0.6 is 7.52 Å². The van der Waals surface area contributed by atoms with Gasteiger partial charge in [0.15, 0.2) is 0 Å². The van der Waals surface area contributed by atoms with E-state index in [0.717, 1.165) is 13.6 Å². The molecular weight excluding hydrogens is 287 g/mol. The number of carboxylic acids is 1. The quantitative estimate of drug-likeness (QED) is 0.585. The molecule has 0 rings (SSSR count). The predicted molar refractivity (Wildman–Crippen MR) is 72.2 cm³/mol. The zero-order valence-corrected chi connectivity index (χ0v) is 12.9. The number of carbonyl (C=O) groups excluding carboxylic acids is 2. The molecule has 116 valence electrons. The number of rotatable bonds is 7. The van der Waals surface area contributed by atoms with Gasteiger partial charge in [0.05, 0.1) is 0 Å². The Hall–Kier alpha value is -1.40. The van der Waals surface area contributed by atoms with Crippen LogP contribution in [0.15, 0.2) is 0 Å². The van der Waals surface area contributed by atoms with E-state index < -0.39 is 31.5 Å². The molecule has 0 bridgehead atoms. The van der Waals surface area contributed by atoms with Crippen LogP contribution in [0.5, 0.6) is 0 Å². The number of hydrogen-bond acceptors (Lipinski definition) is 4. The second-order valence-electron chi connectivity index (χ2n) is 4.57. The molecule has 2 amide bonds. The molecule has 0 aliphatic rings. The van der Waals surface area contributed by atoms with Crippen molar-refractivity contribution in [2.45, 2.75) is 45.7 Å². The van der Waals surface area contributed by atoms with Crippen LogP contribution < -0.4 is 5.32 Å². The van der Waals surface area contributed by atoms with Crippen LogP contribution in [-0.2, 0) is 18.9 Å². The number of nitrogens with zero attached hydrogens (tertiary/aromatic N) is 1. The molecule has 0 heterocycles. The van der Waals surface area contributed by atoms with E-state index in [0.29, 0.717) is 11.1 Å². The summed E-state index contributed by atoms with van der Waals surface area (Å²) < 4.78 is 12.1. The van der Waals surface area contributed by atoms with E-state index in [9.17, 15) is 23.8 Å². The normalized spacial score (nSPS) is 16.6. The van der Waals surface area contributed by atoms with Gasteiger partial charge in [-0.15, -0.1) is 0 Å². The fourth-order valence-corrected chi connectivity index (χ4v) is 2.88. The van der Waals surface area contributed by atoms with Crippen molar-refractivity contribution in [3.8, 4) is 0 Å². The lowest BCUT2D eigenvalue weighted by molar-refractivity contribution is -0.146. The fraction of sp³-hybridized carbons (Fsp3) is 0.727. The lowest BCUT2D eigenvalue weighted by Crippen LogP contribution is -2.50. The van der Waals surface area contributed by atoms with Crippen molar-refractivity contribution in [2.24, 2.45) is 0 Å². The van der Waals surface area contributed by atoms with Gasteiger partial charge in [0.2, 0.25) is 5.91 Å². The average molecular weight is 308 g/mol. The lowest BCUT2D eigenvalue weighted by atomic mass is 10.2. The van der Waals surface area contributed by atoms with Gasteiger partial charge in [-0.05, 0) is 20.3 Å². The Morgan fingerprint density at radius 1 is 1.30 bits per heavy atom. The van der Waals surface area contributed by atoms with Gasteiger partial charge in [0.1, 0.15) is 12.1 Å². The predicted octanol–water partition coefficient (Wildman–Crippen LogP) is 0.408. The van der Waals surface area contributed by atoms with Crippen LogP contribution in [0.1, 0.15) is 33.6 Å². The number of nitrogens with one attached hydrogen (secondary N) is 1. The number of carboxylic acid groups (broad SMARTS) is 1. The molecule has 0 aromatic rings. The van der Waals surface area contributed by atoms with Crippen molar-refractivity contribution in [2.75, 3.05) is 6.66 Å². The summed E-state index contributed by atoms with van der Waals surface area (Å²) >= 11 is 0. The first-order valence-corrected chi connectivity index (χ1v) is 8.24. The SMILES string of the molecule is CCCC(=O)N[C@@H](C)C(=O)N([C@@H](C)C(=O)O)P(C)(=O)O. The van der Waals surface area contributed by atoms with Crippen LogP contribution in [0.3, 0.4) is 0 Å². The summed E-state index contributed by atoms with van der Waals surface area (Å²) in [7, 11) is -4.10. The van der Waals surface area contributed by atoms with E-state index >= 15 is 0 Å². The molecule has 8 nitrogen and oxygen atoms in total. The Kier molecular flexibility index (Phi) is 6.88. The van der Waals surface area contributed by atoms with E-state index in [1.54, 1.807) is 6.92 Å². The smallest absolute Gasteiger partial charge is 0.326 e. The Labute approximate surface area is 117 Å². The van der Waals surface area contributed by atoms with E-state index in [2.05, 4.69) is 5.32 Å². The maximum atomic E-state index is 12.1. The van der Waals surface area contributed by atoms with E-state index in [-0.39, 0.29) is 12.3 Å². The Balaban J connectivity index is 5.11. The largest absolute Gasteiger partial charge is 0.480 e. The first-order chi connectivity index (χ1) is 9.02. The number of aliphatic carboxylic acids is 1. The van der Waals surface area contributed by atoms with Crippen molar-refractivity contribution in [1.82, 2.24) is 9.99 Å². The molecule has 3 N–H and O–H groups in total. The van der Waals surface area contributed by atoms with Crippen molar-refractivity contribution in [3.63, 3.8) is 0 Å². The zero-order chi connectivity index (χ0) is 16.1. The highest BCUT2D eigenvalue weighted by Gasteiger charge is 2.38. The highest BCUT2D eigenvalue weighted by atomic mass is 31.2. The molecule has 0 aliphatic heterocycles. The summed E-state index contributed by atoms with van der Waals surface area (Å²) in [4.78, 5) is 44.0. The van der Waals surface area contributed by atoms with Crippen LogP contribution in [0.25, 0.3) is 0 Å². The Morgan fingerprint density at radius 3 is 2.15 bits per heavy atom. The first-order valence-electron chi connectivity index (χ1n) is 6.18. The summed E-state index contributed by atoms with van der Waals surface area (Å²) in [5, 5.41) is 11.3. The molecule has 0 aromatic heterocycles. The molecule has 0 saturated carbocycles. The zero-order valence-electron chi connectivity index (χ0n) is 12.0. The molecule has 0 aliphatic carbocycles. The maximum absolute atomic E-state index is 12.1. The monoisotopic (exact) mass is 308 g/mol. The van der Waals surface area contributed by atoms with Crippen LogP contribution in [0.4, 0.5) is 0 Å². The molecule has 1 unspecified atom stereocenters. The number of amides is 2. The minimum atomic E-state index is -4.10. The molecule has 0 spiro atoms. The molecule has 3 atom stereocenters. The molecule has 0 saturated heterocycles. The third-order valence-corrected chi connectivity index (χ3v) is 3.92. The van der Waals surface area contributed by atoms with E-state index in [1.807, 2.05) is 0 Å². The molecular formula is C11H21N2O6P. The van der Waals surface area contributed by atoms with Gasteiger partial charge >= 0.3 is 5.97 Å². The lowest BCUT2D eigenvalue weighted by Gasteiger charge is -2.31. The third-order valence-electron chi connectivity index (χ3n) is 2.57. The number of carbonyl (C=O) groups is 3. The average Bonchev–Trinajstić information content (AvgIpc) is 2.26. The Morgan fingerprint density at radius 2 is 1.80 bits per heavy atom. The first kappa shape index (κ1) is 18.6. The summed E-state index contributed by atoms with van der Waals surface area (Å²) in [6.07, 6.45) is 0.809. The highest BCUT2D eigenvalue weighted by Crippen LogP contribution is 2.42. The van der Waals surface area contributed by atoms with Gasteiger partial charge in [-0.2, -0.15) is 0 Å². The van der Waals surface area contributed by atoms with Crippen molar-refractivity contribution >= 4 is 25.3 Å². The van der Waals surface area contributed by atoms with Crippen LogP contribution in [0, 0.1) is 0 Å². The summed E-state index contributed by atoms with van der Waals surface area (Å²) in [5.74, 6) is -2.68.